The molecule has 0 radical (unpaired) electrons. The summed E-state index contributed by atoms with van der Waals surface area (Å²) in [5.74, 6) is 0.606. The normalized spacial score (nSPS) is 15.4. The number of fused-ring (bicyclic) bond motifs is 1. The summed E-state index contributed by atoms with van der Waals surface area (Å²) in [7, 11) is 3.12. The molecule has 1 aliphatic rings. The Labute approximate surface area is 206 Å². The number of carbonyl (C=O) groups is 1. The van der Waals surface area contributed by atoms with Crippen molar-refractivity contribution in [2.24, 2.45) is 4.99 Å². The van der Waals surface area contributed by atoms with Crippen LogP contribution in [0.2, 0.25) is 0 Å². The molecule has 0 saturated heterocycles. The van der Waals surface area contributed by atoms with Crippen molar-refractivity contribution in [2.75, 3.05) is 20.8 Å². The highest BCUT2D eigenvalue weighted by molar-refractivity contribution is 7.07. The Morgan fingerprint density at radius 1 is 1.14 bits per heavy atom. The topological polar surface area (TPSA) is 92.0 Å². The molecule has 35 heavy (non-hydrogen) atoms. The van der Waals surface area contributed by atoms with E-state index in [9.17, 15) is 9.59 Å². The summed E-state index contributed by atoms with van der Waals surface area (Å²) >= 11 is 1.28. The lowest BCUT2D eigenvalue weighted by molar-refractivity contribution is -0.139. The van der Waals surface area contributed by atoms with E-state index < -0.39 is 12.0 Å². The third kappa shape index (κ3) is 4.77. The fraction of sp³-hybridized carbons (Fsp3) is 0.308. The van der Waals surface area contributed by atoms with Crippen LogP contribution in [-0.4, -0.2) is 36.3 Å². The van der Waals surface area contributed by atoms with Crippen LogP contribution in [0.4, 0.5) is 0 Å². The second kappa shape index (κ2) is 10.7. The first-order chi connectivity index (χ1) is 17.0. The molecule has 182 valence electrons. The maximum Gasteiger partial charge on any atom is 0.338 e. The van der Waals surface area contributed by atoms with Crippen LogP contribution in [0.15, 0.2) is 63.8 Å². The summed E-state index contributed by atoms with van der Waals surface area (Å²) in [6, 6.07) is 8.20. The molecule has 3 aromatic rings. The predicted octanol–water partition coefficient (Wildman–Crippen LogP) is 2.99. The van der Waals surface area contributed by atoms with E-state index in [4.69, 9.17) is 19.2 Å². The lowest BCUT2D eigenvalue weighted by atomic mass is 9.93. The Bertz CT molecular complexity index is 1440. The molecule has 1 aliphatic heterocycles. The van der Waals surface area contributed by atoms with Crippen molar-refractivity contribution in [1.29, 1.82) is 0 Å². The molecular weight excluding hydrogens is 466 g/mol. The Balaban J connectivity index is 2.06. The number of esters is 1. The minimum Gasteiger partial charge on any atom is -0.497 e. The largest absolute Gasteiger partial charge is 0.497 e. The van der Waals surface area contributed by atoms with Crippen LogP contribution in [0.5, 0.6) is 11.5 Å². The van der Waals surface area contributed by atoms with Gasteiger partial charge in [0.05, 0.1) is 36.6 Å². The van der Waals surface area contributed by atoms with Crippen LogP contribution in [0.25, 0.3) is 6.08 Å². The van der Waals surface area contributed by atoms with Gasteiger partial charge in [0, 0.05) is 18.0 Å². The molecule has 0 saturated carbocycles. The predicted molar refractivity (Wildman–Crippen MR) is 133 cm³/mol. The molecule has 0 amide bonds. The molecule has 0 N–H and O–H groups in total. The average Bonchev–Trinajstić information content (AvgIpc) is 3.18. The number of benzene rings is 1. The first-order valence-corrected chi connectivity index (χ1v) is 12.2. The summed E-state index contributed by atoms with van der Waals surface area (Å²) in [6.45, 7) is 3.98. The fourth-order valence-electron chi connectivity index (χ4n) is 4.08. The quantitative estimate of drug-likeness (QED) is 0.448. The SMILES string of the molecule is CCCC1=C(C(=O)OCC)[C@H](c2cc(OC)ccc2OC)n2c(sc(=Cc3ccncc3)c2=O)=N1. The molecule has 2 aromatic heterocycles. The van der Waals surface area contributed by atoms with E-state index in [2.05, 4.69) is 4.98 Å². The lowest BCUT2D eigenvalue weighted by Gasteiger charge is -2.27. The molecule has 1 atom stereocenters. The summed E-state index contributed by atoms with van der Waals surface area (Å²) in [6.07, 6.45) is 6.48. The highest BCUT2D eigenvalue weighted by Gasteiger charge is 2.36. The first-order valence-electron chi connectivity index (χ1n) is 11.4. The third-order valence-corrected chi connectivity index (χ3v) is 6.61. The van der Waals surface area contributed by atoms with Gasteiger partial charge in [-0.1, -0.05) is 24.7 Å². The van der Waals surface area contributed by atoms with Gasteiger partial charge < -0.3 is 14.2 Å². The van der Waals surface area contributed by atoms with Gasteiger partial charge in [-0.2, -0.15) is 0 Å². The van der Waals surface area contributed by atoms with Gasteiger partial charge in [0.1, 0.15) is 17.5 Å². The second-order valence-corrected chi connectivity index (χ2v) is 8.81. The molecule has 1 aromatic carbocycles. The van der Waals surface area contributed by atoms with Gasteiger partial charge in [-0.15, -0.1) is 0 Å². The number of aromatic nitrogens is 2. The van der Waals surface area contributed by atoms with E-state index in [0.29, 0.717) is 44.1 Å². The molecular formula is C26H27N3O5S. The molecule has 4 rings (SSSR count). The number of allylic oxidation sites excluding steroid dienone is 1. The number of pyridine rings is 1. The number of ether oxygens (including phenoxy) is 3. The van der Waals surface area contributed by atoms with E-state index in [1.807, 2.05) is 19.1 Å². The number of methoxy groups -OCH3 is 2. The number of hydrogen-bond donors (Lipinski definition) is 0. The van der Waals surface area contributed by atoms with Crippen LogP contribution in [0, 0.1) is 0 Å². The fourth-order valence-corrected chi connectivity index (χ4v) is 5.10. The van der Waals surface area contributed by atoms with Crippen molar-refractivity contribution in [3.63, 3.8) is 0 Å². The van der Waals surface area contributed by atoms with E-state index in [0.717, 1.165) is 12.0 Å². The summed E-state index contributed by atoms with van der Waals surface area (Å²) in [5.41, 5.74) is 2.16. The smallest absolute Gasteiger partial charge is 0.338 e. The molecule has 0 aliphatic carbocycles. The minimum absolute atomic E-state index is 0.205. The average molecular weight is 494 g/mol. The Hall–Kier alpha value is -3.72. The van der Waals surface area contributed by atoms with Crippen molar-refractivity contribution in [3.05, 3.63) is 84.8 Å². The monoisotopic (exact) mass is 493 g/mol. The van der Waals surface area contributed by atoms with Crippen LogP contribution >= 0.6 is 11.3 Å². The Morgan fingerprint density at radius 3 is 2.57 bits per heavy atom. The first kappa shape index (κ1) is 24.4. The molecule has 0 bridgehead atoms. The highest BCUT2D eigenvalue weighted by atomic mass is 32.1. The van der Waals surface area contributed by atoms with Crippen molar-refractivity contribution in [3.8, 4) is 11.5 Å². The van der Waals surface area contributed by atoms with Gasteiger partial charge in [0.25, 0.3) is 5.56 Å². The number of nitrogens with zero attached hydrogens (tertiary/aromatic N) is 3. The van der Waals surface area contributed by atoms with Gasteiger partial charge in [-0.25, -0.2) is 9.79 Å². The van der Waals surface area contributed by atoms with Crippen molar-refractivity contribution >= 4 is 23.4 Å². The van der Waals surface area contributed by atoms with Gasteiger partial charge in [0.2, 0.25) is 0 Å². The van der Waals surface area contributed by atoms with Gasteiger partial charge in [0.15, 0.2) is 4.80 Å². The lowest BCUT2D eigenvalue weighted by Crippen LogP contribution is -2.40. The second-order valence-electron chi connectivity index (χ2n) is 7.80. The number of thiazole rings is 1. The Morgan fingerprint density at radius 2 is 1.91 bits per heavy atom. The summed E-state index contributed by atoms with van der Waals surface area (Å²) < 4.78 is 18.6. The highest BCUT2D eigenvalue weighted by Crippen LogP contribution is 2.38. The van der Waals surface area contributed by atoms with E-state index in [1.165, 1.54) is 11.3 Å². The molecule has 3 heterocycles. The molecule has 0 unspecified atom stereocenters. The molecule has 0 fully saturated rings. The zero-order valence-corrected chi connectivity index (χ0v) is 20.9. The van der Waals surface area contributed by atoms with Gasteiger partial charge in [-0.05, 0) is 55.3 Å². The zero-order chi connectivity index (χ0) is 24.9. The molecule has 9 heteroatoms. The minimum atomic E-state index is -0.781. The summed E-state index contributed by atoms with van der Waals surface area (Å²) in [5, 5.41) is 0. The van der Waals surface area contributed by atoms with E-state index in [-0.39, 0.29) is 12.2 Å². The summed E-state index contributed by atoms with van der Waals surface area (Å²) in [4.78, 5) is 36.4. The van der Waals surface area contributed by atoms with Crippen molar-refractivity contribution < 1.29 is 19.0 Å². The number of hydrogen-bond acceptors (Lipinski definition) is 8. The van der Waals surface area contributed by atoms with Crippen LogP contribution in [0.1, 0.15) is 43.9 Å². The van der Waals surface area contributed by atoms with Gasteiger partial charge >= 0.3 is 5.97 Å². The van der Waals surface area contributed by atoms with Crippen molar-refractivity contribution in [2.45, 2.75) is 32.7 Å². The number of rotatable bonds is 8. The van der Waals surface area contributed by atoms with Crippen LogP contribution in [-0.2, 0) is 9.53 Å². The van der Waals surface area contributed by atoms with Gasteiger partial charge in [-0.3, -0.25) is 14.3 Å². The molecule has 8 nitrogen and oxygen atoms in total. The zero-order valence-electron chi connectivity index (χ0n) is 20.1. The maximum absolute atomic E-state index is 13.8. The van der Waals surface area contributed by atoms with Crippen LogP contribution < -0.4 is 24.4 Å². The Kier molecular flexibility index (Phi) is 7.45. The molecule has 0 spiro atoms. The van der Waals surface area contributed by atoms with Crippen molar-refractivity contribution in [1.82, 2.24) is 9.55 Å². The standard InChI is InChI=1S/C26H27N3O5S/c1-5-7-19-22(25(31)34-6-2)23(18-15-17(32-3)8-9-20(18)33-4)29-24(30)21(35-26(29)28-19)14-16-10-12-27-13-11-16/h8-15,23H,5-7H2,1-4H3/t23-/m0/s1. The van der Waals surface area contributed by atoms with Crippen LogP contribution in [0.3, 0.4) is 0 Å². The van der Waals surface area contributed by atoms with E-state index >= 15 is 0 Å². The van der Waals surface area contributed by atoms with E-state index in [1.54, 1.807) is 62.4 Å². The number of carbonyl (C=O) groups excluding carboxylic acids is 1. The third-order valence-electron chi connectivity index (χ3n) is 5.63. The maximum atomic E-state index is 13.8.